The SMILES string of the molecule is CCCCOC(=O)c1ccccc1C1(O)c2ccc(O)cc2Oc2cc(O)ccc21. The van der Waals surface area contributed by atoms with Crippen molar-refractivity contribution in [3.8, 4) is 23.0 Å². The van der Waals surface area contributed by atoms with Gasteiger partial charge < -0.3 is 24.8 Å². The second-order valence-corrected chi connectivity index (χ2v) is 7.21. The molecule has 1 aliphatic rings. The lowest BCUT2D eigenvalue weighted by Gasteiger charge is -2.37. The number of carbonyl (C=O) groups excluding carboxylic acids is 1. The monoisotopic (exact) mass is 406 g/mol. The number of phenols is 2. The van der Waals surface area contributed by atoms with Gasteiger partial charge in [0, 0.05) is 28.8 Å². The molecule has 0 radical (unpaired) electrons. The van der Waals surface area contributed by atoms with E-state index in [4.69, 9.17) is 9.47 Å². The van der Waals surface area contributed by atoms with Crippen molar-refractivity contribution in [3.63, 3.8) is 0 Å². The summed E-state index contributed by atoms with van der Waals surface area (Å²) in [5.74, 6) is -0.145. The van der Waals surface area contributed by atoms with Crippen molar-refractivity contribution in [2.75, 3.05) is 6.61 Å². The molecule has 0 saturated heterocycles. The van der Waals surface area contributed by atoms with E-state index in [0.717, 1.165) is 12.8 Å². The van der Waals surface area contributed by atoms with Gasteiger partial charge in [0.15, 0.2) is 0 Å². The summed E-state index contributed by atoms with van der Waals surface area (Å²) in [7, 11) is 0. The number of benzene rings is 3. The highest BCUT2D eigenvalue weighted by Crippen LogP contribution is 2.52. The van der Waals surface area contributed by atoms with E-state index < -0.39 is 11.6 Å². The molecule has 0 aliphatic carbocycles. The largest absolute Gasteiger partial charge is 0.508 e. The fraction of sp³-hybridized carbons (Fsp3) is 0.208. The summed E-state index contributed by atoms with van der Waals surface area (Å²) >= 11 is 0. The topological polar surface area (TPSA) is 96.2 Å². The highest BCUT2D eigenvalue weighted by Gasteiger charge is 2.44. The Kier molecular flexibility index (Phi) is 5.10. The lowest BCUT2D eigenvalue weighted by atomic mass is 9.76. The predicted molar refractivity (Wildman–Crippen MR) is 110 cm³/mol. The van der Waals surface area contributed by atoms with Crippen LogP contribution in [0.5, 0.6) is 23.0 Å². The maximum atomic E-state index is 12.8. The number of fused-ring (bicyclic) bond motifs is 2. The van der Waals surface area contributed by atoms with E-state index in [1.165, 1.54) is 24.3 Å². The van der Waals surface area contributed by atoms with E-state index in [1.807, 2.05) is 6.92 Å². The first-order valence-electron chi connectivity index (χ1n) is 9.79. The number of unbranched alkanes of at least 4 members (excludes halogenated alkanes) is 1. The number of phenolic OH excluding ortho intramolecular Hbond substituents is 2. The smallest absolute Gasteiger partial charge is 0.338 e. The zero-order valence-electron chi connectivity index (χ0n) is 16.5. The second-order valence-electron chi connectivity index (χ2n) is 7.21. The fourth-order valence-corrected chi connectivity index (χ4v) is 3.71. The van der Waals surface area contributed by atoms with Gasteiger partial charge in [-0.05, 0) is 36.8 Å². The molecular formula is C24H22O6. The summed E-state index contributed by atoms with van der Waals surface area (Å²) in [4.78, 5) is 12.8. The highest BCUT2D eigenvalue weighted by atomic mass is 16.5. The molecule has 0 fully saturated rings. The molecule has 30 heavy (non-hydrogen) atoms. The Morgan fingerprint density at radius 2 is 1.53 bits per heavy atom. The molecule has 1 aliphatic heterocycles. The number of rotatable bonds is 5. The van der Waals surface area contributed by atoms with Crippen molar-refractivity contribution in [3.05, 3.63) is 82.9 Å². The van der Waals surface area contributed by atoms with E-state index in [2.05, 4.69) is 0 Å². The second kappa shape index (κ2) is 7.72. The van der Waals surface area contributed by atoms with Crippen molar-refractivity contribution >= 4 is 5.97 Å². The summed E-state index contributed by atoms with van der Waals surface area (Å²) in [6, 6.07) is 15.5. The van der Waals surface area contributed by atoms with Crippen molar-refractivity contribution in [1.29, 1.82) is 0 Å². The van der Waals surface area contributed by atoms with E-state index in [1.54, 1.807) is 36.4 Å². The predicted octanol–water partition coefficient (Wildman–Crippen LogP) is 4.44. The molecule has 0 amide bonds. The third-order valence-electron chi connectivity index (χ3n) is 5.20. The number of ether oxygens (including phenoxy) is 2. The molecule has 1 heterocycles. The Balaban J connectivity index is 1.92. The Hall–Kier alpha value is -3.51. The maximum Gasteiger partial charge on any atom is 0.338 e. The van der Waals surface area contributed by atoms with Crippen LogP contribution in [0, 0.1) is 0 Å². The van der Waals surface area contributed by atoms with E-state index in [0.29, 0.717) is 23.3 Å². The van der Waals surface area contributed by atoms with Gasteiger partial charge in [-0.2, -0.15) is 0 Å². The average Bonchev–Trinajstić information content (AvgIpc) is 2.73. The molecule has 0 saturated carbocycles. The van der Waals surface area contributed by atoms with Gasteiger partial charge in [-0.3, -0.25) is 0 Å². The van der Waals surface area contributed by atoms with Crippen LogP contribution in [-0.4, -0.2) is 27.9 Å². The normalized spacial score (nSPS) is 13.7. The van der Waals surface area contributed by atoms with Crippen molar-refractivity contribution in [1.82, 2.24) is 0 Å². The number of carbonyl (C=O) groups is 1. The number of aromatic hydroxyl groups is 2. The summed E-state index contributed by atoms with van der Waals surface area (Å²) in [6.45, 7) is 2.30. The van der Waals surface area contributed by atoms with Crippen LogP contribution in [0.2, 0.25) is 0 Å². The van der Waals surface area contributed by atoms with Crippen LogP contribution in [0.3, 0.4) is 0 Å². The minimum absolute atomic E-state index is 0.0352. The third kappa shape index (κ3) is 3.25. The molecule has 6 heteroatoms. The molecule has 154 valence electrons. The molecular weight excluding hydrogens is 384 g/mol. The van der Waals surface area contributed by atoms with Gasteiger partial charge in [0.05, 0.1) is 12.2 Å². The van der Waals surface area contributed by atoms with E-state index in [-0.39, 0.29) is 28.6 Å². The fourth-order valence-electron chi connectivity index (χ4n) is 3.71. The Morgan fingerprint density at radius 3 is 2.13 bits per heavy atom. The highest BCUT2D eigenvalue weighted by molar-refractivity contribution is 5.92. The molecule has 3 N–H and O–H groups in total. The molecule has 0 unspecified atom stereocenters. The first kappa shape index (κ1) is 19.8. The third-order valence-corrected chi connectivity index (χ3v) is 5.20. The van der Waals surface area contributed by atoms with Gasteiger partial charge in [0.25, 0.3) is 0 Å². The Morgan fingerprint density at radius 1 is 0.933 bits per heavy atom. The van der Waals surface area contributed by atoms with Gasteiger partial charge in [-0.25, -0.2) is 4.79 Å². The van der Waals surface area contributed by atoms with Crippen LogP contribution in [0.4, 0.5) is 0 Å². The van der Waals surface area contributed by atoms with Crippen molar-refractivity contribution in [2.24, 2.45) is 0 Å². The molecule has 4 rings (SSSR count). The number of hydrogen-bond donors (Lipinski definition) is 3. The zero-order chi connectivity index (χ0) is 21.3. The Labute approximate surface area is 174 Å². The number of aliphatic hydroxyl groups is 1. The van der Waals surface area contributed by atoms with Crippen LogP contribution in [0.1, 0.15) is 46.8 Å². The van der Waals surface area contributed by atoms with Crippen LogP contribution in [0.25, 0.3) is 0 Å². The lowest BCUT2D eigenvalue weighted by Crippen LogP contribution is -2.34. The summed E-state index contributed by atoms with van der Waals surface area (Å²) in [6.07, 6.45) is 1.64. The lowest BCUT2D eigenvalue weighted by molar-refractivity contribution is 0.0483. The minimum atomic E-state index is -1.76. The van der Waals surface area contributed by atoms with Gasteiger partial charge in [-0.15, -0.1) is 0 Å². The van der Waals surface area contributed by atoms with Crippen LogP contribution >= 0.6 is 0 Å². The molecule has 0 spiro atoms. The number of esters is 1. The van der Waals surface area contributed by atoms with Gasteiger partial charge in [0.1, 0.15) is 28.6 Å². The molecule has 6 nitrogen and oxygen atoms in total. The van der Waals surface area contributed by atoms with E-state index >= 15 is 0 Å². The quantitative estimate of drug-likeness (QED) is 0.428. The van der Waals surface area contributed by atoms with Crippen molar-refractivity contribution in [2.45, 2.75) is 25.4 Å². The summed E-state index contributed by atoms with van der Waals surface area (Å²) in [5.41, 5.74) is -0.464. The Bertz CT molecular complexity index is 1050. The number of hydrogen-bond acceptors (Lipinski definition) is 6. The van der Waals surface area contributed by atoms with Crippen LogP contribution < -0.4 is 4.74 Å². The van der Waals surface area contributed by atoms with E-state index in [9.17, 15) is 20.1 Å². The molecule has 3 aromatic carbocycles. The van der Waals surface area contributed by atoms with Crippen molar-refractivity contribution < 1.29 is 29.6 Å². The first-order chi connectivity index (χ1) is 14.4. The standard InChI is InChI=1S/C24H22O6/c1-2-3-12-29-23(27)17-6-4-5-7-18(17)24(28)19-10-8-15(25)13-21(19)30-22-14-16(26)9-11-20(22)24/h4-11,13-14,25-26,28H,2-3,12H2,1H3. The van der Waals surface area contributed by atoms with Gasteiger partial charge in [-0.1, -0.05) is 31.5 Å². The molecule has 0 atom stereocenters. The van der Waals surface area contributed by atoms with Gasteiger partial charge in [0.2, 0.25) is 0 Å². The zero-order valence-corrected chi connectivity index (χ0v) is 16.5. The van der Waals surface area contributed by atoms with Crippen LogP contribution in [-0.2, 0) is 10.3 Å². The summed E-state index contributed by atoms with van der Waals surface area (Å²) < 4.78 is 11.2. The molecule has 3 aromatic rings. The molecule has 0 bridgehead atoms. The minimum Gasteiger partial charge on any atom is -0.508 e. The average molecular weight is 406 g/mol. The maximum absolute atomic E-state index is 12.8. The summed E-state index contributed by atoms with van der Waals surface area (Å²) in [5, 5.41) is 31.9. The van der Waals surface area contributed by atoms with Gasteiger partial charge >= 0.3 is 5.97 Å². The molecule has 0 aromatic heterocycles. The first-order valence-corrected chi connectivity index (χ1v) is 9.79. The van der Waals surface area contributed by atoms with Crippen LogP contribution in [0.15, 0.2) is 60.7 Å².